The number of hydrogen-bond acceptors (Lipinski definition) is 1. The predicted octanol–water partition coefficient (Wildman–Crippen LogP) is 2.91. The molecule has 14 heavy (non-hydrogen) atoms. The van der Waals surface area contributed by atoms with Gasteiger partial charge in [0.05, 0.1) is 0 Å². The van der Waals surface area contributed by atoms with E-state index in [2.05, 4.69) is 6.58 Å². The van der Waals surface area contributed by atoms with Crippen LogP contribution in [0.15, 0.2) is 36.4 Å². The van der Waals surface area contributed by atoms with E-state index < -0.39 is 5.97 Å². The fraction of sp³-hybridized carbons (Fsp3) is 0.182. The van der Waals surface area contributed by atoms with Gasteiger partial charge in [-0.3, -0.25) is 0 Å². The number of carboxylic acids is 1. The lowest BCUT2D eigenvalue weighted by atomic mass is 10.1. The molecule has 0 aliphatic rings. The Balaban J connectivity index is 2.58. The molecule has 2 nitrogen and oxygen atoms in total. The zero-order chi connectivity index (χ0) is 10.6. The number of hydrogen-bond donors (Lipinski definition) is 1. The van der Waals surface area contributed by atoms with Crippen molar-refractivity contribution >= 4 is 17.6 Å². The summed E-state index contributed by atoms with van der Waals surface area (Å²) in [6, 6.07) is 7.40. The molecule has 0 atom stereocenters. The Kier molecular flexibility index (Phi) is 3.72. The first-order chi connectivity index (χ1) is 6.61. The van der Waals surface area contributed by atoms with Crippen molar-refractivity contribution in [1.82, 2.24) is 0 Å². The molecule has 0 aliphatic carbocycles. The van der Waals surface area contributed by atoms with Crippen molar-refractivity contribution in [2.75, 3.05) is 0 Å². The van der Waals surface area contributed by atoms with Crippen LogP contribution in [0.2, 0.25) is 5.02 Å². The van der Waals surface area contributed by atoms with Crippen LogP contribution in [0.5, 0.6) is 0 Å². The summed E-state index contributed by atoms with van der Waals surface area (Å²) in [7, 11) is 0. The molecule has 3 heteroatoms. The van der Waals surface area contributed by atoms with E-state index in [0.29, 0.717) is 17.9 Å². The van der Waals surface area contributed by atoms with E-state index in [1.165, 1.54) is 0 Å². The smallest absolute Gasteiger partial charge is 0.330 e. The van der Waals surface area contributed by atoms with Crippen LogP contribution in [0.25, 0.3) is 0 Å². The Hall–Kier alpha value is -1.28. The third-order valence-corrected chi connectivity index (χ3v) is 2.33. The second-order valence-corrected chi connectivity index (χ2v) is 3.41. The molecule has 0 radical (unpaired) electrons. The molecule has 0 saturated carbocycles. The maximum atomic E-state index is 10.5. The molecule has 0 spiro atoms. The van der Waals surface area contributed by atoms with Crippen LogP contribution in [0.4, 0.5) is 0 Å². The molecule has 1 rings (SSSR count). The number of benzene rings is 1. The monoisotopic (exact) mass is 210 g/mol. The van der Waals surface area contributed by atoms with E-state index in [1.807, 2.05) is 18.2 Å². The van der Waals surface area contributed by atoms with E-state index in [9.17, 15) is 4.79 Å². The number of halogens is 1. The van der Waals surface area contributed by atoms with Crippen LogP contribution in [0.1, 0.15) is 12.0 Å². The Bertz CT molecular complexity index is 358. The van der Waals surface area contributed by atoms with Gasteiger partial charge in [0.15, 0.2) is 0 Å². The molecule has 0 saturated heterocycles. The second-order valence-electron chi connectivity index (χ2n) is 3.00. The van der Waals surface area contributed by atoms with Crippen molar-refractivity contribution < 1.29 is 9.90 Å². The van der Waals surface area contributed by atoms with E-state index in [1.54, 1.807) is 6.07 Å². The maximum Gasteiger partial charge on any atom is 0.330 e. The third kappa shape index (κ3) is 2.89. The average molecular weight is 211 g/mol. The van der Waals surface area contributed by atoms with Gasteiger partial charge in [-0.2, -0.15) is 0 Å². The van der Waals surface area contributed by atoms with Crippen LogP contribution in [-0.2, 0) is 11.2 Å². The Morgan fingerprint density at radius 2 is 2.07 bits per heavy atom. The summed E-state index contributed by atoms with van der Waals surface area (Å²) < 4.78 is 0. The summed E-state index contributed by atoms with van der Waals surface area (Å²) >= 11 is 5.91. The minimum absolute atomic E-state index is 0.213. The molecule has 0 aliphatic heterocycles. The van der Waals surface area contributed by atoms with Crippen molar-refractivity contribution in [2.45, 2.75) is 12.8 Å². The predicted molar refractivity (Wildman–Crippen MR) is 56.5 cm³/mol. The fourth-order valence-electron chi connectivity index (χ4n) is 1.09. The third-order valence-electron chi connectivity index (χ3n) is 1.96. The van der Waals surface area contributed by atoms with Crippen LogP contribution in [0, 0.1) is 0 Å². The van der Waals surface area contributed by atoms with Gasteiger partial charge in [0.1, 0.15) is 0 Å². The van der Waals surface area contributed by atoms with Gasteiger partial charge in [-0.1, -0.05) is 36.4 Å². The van der Waals surface area contributed by atoms with E-state index in [4.69, 9.17) is 16.7 Å². The number of aryl methyl sites for hydroxylation is 1. The Morgan fingerprint density at radius 1 is 1.43 bits per heavy atom. The number of aliphatic carboxylic acids is 1. The summed E-state index contributed by atoms with van der Waals surface area (Å²) in [5.74, 6) is -0.947. The Labute approximate surface area is 87.8 Å². The van der Waals surface area contributed by atoms with Crippen molar-refractivity contribution in [3.8, 4) is 0 Å². The zero-order valence-corrected chi connectivity index (χ0v) is 8.42. The lowest BCUT2D eigenvalue weighted by Crippen LogP contribution is -2.00. The van der Waals surface area contributed by atoms with Gasteiger partial charge >= 0.3 is 5.97 Å². The lowest BCUT2D eigenvalue weighted by Gasteiger charge is -2.03. The van der Waals surface area contributed by atoms with Crippen LogP contribution in [-0.4, -0.2) is 11.1 Å². The highest BCUT2D eigenvalue weighted by molar-refractivity contribution is 6.31. The molecule has 1 aromatic carbocycles. The quantitative estimate of drug-likeness (QED) is 0.776. The topological polar surface area (TPSA) is 37.3 Å². The van der Waals surface area contributed by atoms with Crippen LogP contribution >= 0.6 is 11.6 Å². The number of rotatable bonds is 4. The molecular weight excluding hydrogens is 200 g/mol. The highest BCUT2D eigenvalue weighted by atomic mass is 35.5. The summed E-state index contributed by atoms with van der Waals surface area (Å²) in [4.78, 5) is 10.5. The molecule has 0 aromatic heterocycles. The highest BCUT2D eigenvalue weighted by Gasteiger charge is 2.05. The molecule has 0 bridgehead atoms. The normalized spacial score (nSPS) is 9.79. The first-order valence-corrected chi connectivity index (χ1v) is 4.63. The van der Waals surface area contributed by atoms with Crippen LogP contribution in [0.3, 0.4) is 0 Å². The lowest BCUT2D eigenvalue weighted by molar-refractivity contribution is -0.132. The molecule has 74 valence electrons. The van der Waals surface area contributed by atoms with Gasteiger partial charge in [0, 0.05) is 10.6 Å². The van der Waals surface area contributed by atoms with Crippen LogP contribution < -0.4 is 0 Å². The van der Waals surface area contributed by atoms with Crippen molar-refractivity contribution in [2.24, 2.45) is 0 Å². The van der Waals surface area contributed by atoms with Crippen molar-refractivity contribution in [3.63, 3.8) is 0 Å². The summed E-state index contributed by atoms with van der Waals surface area (Å²) in [6.45, 7) is 3.46. The van der Waals surface area contributed by atoms with Gasteiger partial charge < -0.3 is 5.11 Å². The molecule has 0 heterocycles. The molecule has 0 unspecified atom stereocenters. The van der Waals surface area contributed by atoms with Gasteiger partial charge in [0.2, 0.25) is 0 Å². The first-order valence-electron chi connectivity index (χ1n) is 4.25. The molecule has 1 aromatic rings. The standard InChI is InChI=1S/C11H11ClO2/c1-8(11(13)14)6-7-9-4-2-3-5-10(9)12/h2-5H,1,6-7H2,(H,13,14). The maximum absolute atomic E-state index is 10.5. The van der Waals surface area contributed by atoms with E-state index in [0.717, 1.165) is 5.56 Å². The molecule has 1 N–H and O–H groups in total. The van der Waals surface area contributed by atoms with E-state index in [-0.39, 0.29) is 5.57 Å². The van der Waals surface area contributed by atoms with Crippen molar-refractivity contribution in [3.05, 3.63) is 47.0 Å². The van der Waals surface area contributed by atoms with Gasteiger partial charge in [-0.05, 0) is 24.5 Å². The molecule has 0 fully saturated rings. The minimum atomic E-state index is -0.947. The van der Waals surface area contributed by atoms with Gasteiger partial charge in [0.25, 0.3) is 0 Å². The summed E-state index contributed by atoms with van der Waals surface area (Å²) in [5, 5.41) is 9.27. The van der Waals surface area contributed by atoms with E-state index >= 15 is 0 Å². The van der Waals surface area contributed by atoms with Gasteiger partial charge in [-0.25, -0.2) is 4.79 Å². The summed E-state index contributed by atoms with van der Waals surface area (Å²) in [6.07, 6.45) is 1.05. The number of carboxylic acid groups (broad SMARTS) is 1. The molecular formula is C11H11ClO2. The highest BCUT2D eigenvalue weighted by Crippen LogP contribution is 2.17. The summed E-state index contributed by atoms with van der Waals surface area (Å²) in [5.41, 5.74) is 1.17. The van der Waals surface area contributed by atoms with Gasteiger partial charge in [-0.15, -0.1) is 0 Å². The average Bonchev–Trinajstić information content (AvgIpc) is 2.16. The fourth-order valence-corrected chi connectivity index (χ4v) is 1.32. The van der Waals surface area contributed by atoms with Crippen molar-refractivity contribution in [1.29, 1.82) is 0 Å². The number of carbonyl (C=O) groups is 1. The second kappa shape index (κ2) is 4.82. The minimum Gasteiger partial charge on any atom is -0.478 e. The largest absolute Gasteiger partial charge is 0.478 e. The first kappa shape index (κ1) is 10.8. The molecule has 0 amide bonds. The zero-order valence-electron chi connectivity index (χ0n) is 7.66. The SMILES string of the molecule is C=C(CCc1ccccc1Cl)C(=O)O. The Morgan fingerprint density at radius 3 is 2.64 bits per heavy atom.